The third-order valence-corrected chi connectivity index (χ3v) is 4.96. The molecule has 1 fully saturated rings. The monoisotopic (exact) mass is 360 g/mol. The van der Waals surface area contributed by atoms with E-state index in [2.05, 4.69) is 15.2 Å². The van der Waals surface area contributed by atoms with Gasteiger partial charge in [-0.2, -0.15) is 4.99 Å². The first-order valence-electron chi connectivity index (χ1n) is 6.84. The van der Waals surface area contributed by atoms with Crippen LogP contribution in [0.25, 0.3) is 6.08 Å². The van der Waals surface area contributed by atoms with Gasteiger partial charge in [0.2, 0.25) is 5.13 Å². The summed E-state index contributed by atoms with van der Waals surface area (Å²) in [5.41, 5.74) is 0.950. The Kier molecular flexibility index (Phi) is 4.45. The second kappa shape index (κ2) is 6.54. The van der Waals surface area contributed by atoms with Gasteiger partial charge < -0.3 is 5.11 Å². The molecule has 0 bridgehead atoms. The Labute approximate surface area is 145 Å². The van der Waals surface area contributed by atoms with Crippen molar-refractivity contribution in [1.29, 1.82) is 0 Å². The number of benzene rings is 1. The van der Waals surface area contributed by atoms with Crippen molar-refractivity contribution in [3.05, 3.63) is 45.3 Å². The normalized spacial score (nSPS) is 17.9. The van der Waals surface area contributed by atoms with Gasteiger partial charge in [-0.25, -0.2) is 4.79 Å². The van der Waals surface area contributed by atoms with Gasteiger partial charge in [-0.3, -0.25) is 9.69 Å². The number of aromatic nitrogens is 2. The Morgan fingerprint density at radius 3 is 2.58 bits per heavy atom. The summed E-state index contributed by atoms with van der Waals surface area (Å²) in [6.45, 7) is 1.84. The molecular formula is C15H12N4O3S2. The van der Waals surface area contributed by atoms with Gasteiger partial charge in [0.25, 0.3) is 5.91 Å². The van der Waals surface area contributed by atoms with Crippen LogP contribution >= 0.6 is 23.1 Å². The van der Waals surface area contributed by atoms with Crippen molar-refractivity contribution < 1.29 is 14.7 Å². The smallest absolute Gasteiger partial charge is 0.335 e. The minimum absolute atomic E-state index is 0.165. The predicted molar refractivity (Wildman–Crippen MR) is 93.5 cm³/mol. The molecule has 0 saturated carbocycles. The van der Waals surface area contributed by atoms with Crippen LogP contribution in [0, 0.1) is 6.92 Å². The number of thioether (sulfide) groups is 1. The molecule has 1 N–H and O–H groups in total. The molecule has 1 amide bonds. The molecule has 0 spiro atoms. The van der Waals surface area contributed by atoms with E-state index >= 15 is 0 Å². The number of nitrogens with zero attached hydrogens (tertiary/aromatic N) is 4. The highest BCUT2D eigenvalue weighted by atomic mass is 32.2. The lowest BCUT2D eigenvalue weighted by molar-refractivity contribution is -0.121. The number of rotatable bonds is 3. The molecule has 2 aromatic rings. The number of aromatic carboxylic acids is 1. The third-order valence-electron chi connectivity index (χ3n) is 3.17. The first-order chi connectivity index (χ1) is 11.4. The zero-order valence-electron chi connectivity index (χ0n) is 12.8. The van der Waals surface area contributed by atoms with Gasteiger partial charge >= 0.3 is 5.97 Å². The van der Waals surface area contributed by atoms with Crippen LogP contribution in [0.15, 0.2) is 34.2 Å². The topological polar surface area (TPSA) is 95.7 Å². The molecule has 0 atom stereocenters. The molecule has 1 aromatic carbocycles. The molecule has 7 nitrogen and oxygen atoms in total. The summed E-state index contributed by atoms with van der Waals surface area (Å²) in [4.78, 5) is 29.5. The zero-order chi connectivity index (χ0) is 17.3. The molecule has 0 aliphatic carbocycles. The van der Waals surface area contributed by atoms with Gasteiger partial charge in [-0.15, -0.1) is 10.2 Å². The molecule has 3 rings (SSSR count). The molecule has 0 unspecified atom stereocenters. The van der Waals surface area contributed by atoms with E-state index in [9.17, 15) is 9.59 Å². The van der Waals surface area contributed by atoms with Gasteiger partial charge in [0, 0.05) is 7.05 Å². The summed E-state index contributed by atoms with van der Waals surface area (Å²) < 4.78 is 0. The fraction of sp³-hybridized carbons (Fsp3) is 0.133. The fourth-order valence-electron chi connectivity index (χ4n) is 1.94. The van der Waals surface area contributed by atoms with Gasteiger partial charge in [-0.05, 0) is 42.5 Å². The van der Waals surface area contributed by atoms with Crippen LogP contribution in [0.5, 0.6) is 0 Å². The Morgan fingerprint density at radius 2 is 2.00 bits per heavy atom. The number of carboxylic acids is 1. The van der Waals surface area contributed by atoms with Crippen molar-refractivity contribution in [2.24, 2.45) is 4.99 Å². The highest BCUT2D eigenvalue weighted by Crippen LogP contribution is 2.33. The lowest BCUT2D eigenvalue weighted by Gasteiger charge is -2.05. The van der Waals surface area contributed by atoms with Crippen molar-refractivity contribution in [2.75, 3.05) is 7.05 Å². The van der Waals surface area contributed by atoms with Crippen LogP contribution in [-0.4, -0.2) is 44.3 Å². The SMILES string of the molecule is Cc1nnc(N=C2SC(=Cc3ccc(C(=O)O)cc3)C(=O)N2C)s1. The number of carbonyl (C=O) groups excluding carboxylic acids is 1. The molecule has 9 heteroatoms. The summed E-state index contributed by atoms with van der Waals surface area (Å²) >= 11 is 2.60. The van der Waals surface area contributed by atoms with Crippen LogP contribution in [0.4, 0.5) is 5.13 Å². The molecule has 24 heavy (non-hydrogen) atoms. The Balaban J connectivity index is 1.85. The third kappa shape index (κ3) is 3.36. The van der Waals surface area contributed by atoms with E-state index in [0.29, 0.717) is 15.2 Å². The number of aliphatic imine (C=N–C) groups is 1. The van der Waals surface area contributed by atoms with E-state index in [0.717, 1.165) is 10.6 Å². The number of aryl methyl sites for hydroxylation is 1. The van der Waals surface area contributed by atoms with Crippen molar-refractivity contribution in [3.8, 4) is 0 Å². The van der Waals surface area contributed by atoms with E-state index in [1.165, 1.54) is 40.1 Å². The lowest BCUT2D eigenvalue weighted by Crippen LogP contribution is -2.23. The summed E-state index contributed by atoms with van der Waals surface area (Å²) in [5.74, 6) is -1.15. The maximum Gasteiger partial charge on any atom is 0.335 e. The number of carbonyl (C=O) groups is 2. The lowest BCUT2D eigenvalue weighted by atomic mass is 10.1. The largest absolute Gasteiger partial charge is 0.478 e. The number of amides is 1. The second-order valence-corrected chi connectivity index (χ2v) is 7.07. The quantitative estimate of drug-likeness (QED) is 0.846. The van der Waals surface area contributed by atoms with Crippen molar-refractivity contribution in [2.45, 2.75) is 6.92 Å². The number of hydrogen-bond acceptors (Lipinski definition) is 7. The summed E-state index contributed by atoms with van der Waals surface area (Å²) in [6.07, 6.45) is 1.71. The van der Waals surface area contributed by atoms with Crippen LogP contribution < -0.4 is 0 Å². The molecule has 1 aliphatic heterocycles. The van der Waals surface area contributed by atoms with E-state index in [1.807, 2.05) is 6.92 Å². The predicted octanol–water partition coefficient (Wildman–Crippen LogP) is 2.78. The number of carboxylic acid groups (broad SMARTS) is 1. The van der Waals surface area contributed by atoms with Gasteiger partial charge in [-0.1, -0.05) is 23.5 Å². The van der Waals surface area contributed by atoms with Crippen molar-refractivity contribution >= 4 is 51.4 Å². The Hall–Kier alpha value is -2.52. The molecular weight excluding hydrogens is 348 g/mol. The molecule has 122 valence electrons. The van der Waals surface area contributed by atoms with E-state index in [1.54, 1.807) is 25.3 Å². The van der Waals surface area contributed by atoms with Crippen LogP contribution in [-0.2, 0) is 4.79 Å². The summed E-state index contributed by atoms with van der Waals surface area (Å²) in [7, 11) is 1.65. The second-order valence-electron chi connectivity index (χ2n) is 4.90. The molecule has 1 aliphatic rings. The standard InChI is InChI=1S/C15H12N4O3S2/c1-8-17-18-14(23-8)16-15-19(2)12(20)11(24-15)7-9-3-5-10(6-4-9)13(21)22/h3-7H,1-2H3,(H,21,22). The Morgan fingerprint density at radius 1 is 1.29 bits per heavy atom. The minimum atomic E-state index is -0.984. The molecule has 1 aromatic heterocycles. The van der Waals surface area contributed by atoms with Gasteiger partial charge in [0.05, 0.1) is 10.5 Å². The van der Waals surface area contributed by atoms with E-state index < -0.39 is 5.97 Å². The average Bonchev–Trinajstić information content (AvgIpc) is 3.07. The van der Waals surface area contributed by atoms with Gasteiger partial charge in [0.15, 0.2) is 5.17 Å². The van der Waals surface area contributed by atoms with Gasteiger partial charge in [0.1, 0.15) is 5.01 Å². The summed E-state index contributed by atoms with van der Waals surface area (Å²) in [6, 6.07) is 6.32. The molecule has 2 heterocycles. The fourth-order valence-corrected chi connectivity index (χ4v) is 3.52. The summed E-state index contributed by atoms with van der Waals surface area (Å²) in [5, 5.41) is 18.6. The number of amidine groups is 1. The van der Waals surface area contributed by atoms with Crippen molar-refractivity contribution in [1.82, 2.24) is 15.1 Å². The first-order valence-corrected chi connectivity index (χ1v) is 8.47. The highest BCUT2D eigenvalue weighted by molar-refractivity contribution is 8.18. The van der Waals surface area contributed by atoms with Crippen LogP contribution in [0.1, 0.15) is 20.9 Å². The van der Waals surface area contributed by atoms with E-state index in [4.69, 9.17) is 5.11 Å². The maximum absolute atomic E-state index is 12.3. The highest BCUT2D eigenvalue weighted by Gasteiger charge is 2.30. The van der Waals surface area contributed by atoms with Crippen molar-refractivity contribution in [3.63, 3.8) is 0 Å². The molecule has 0 radical (unpaired) electrons. The number of likely N-dealkylation sites (N-methyl/N-ethyl adjacent to an activating group) is 1. The first kappa shape index (κ1) is 16.3. The maximum atomic E-state index is 12.3. The number of hydrogen-bond donors (Lipinski definition) is 1. The van der Waals surface area contributed by atoms with Crippen LogP contribution in [0.3, 0.4) is 0 Å². The zero-order valence-corrected chi connectivity index (χ0v) is 14.4. The Bertz CT molecular complexity index is 871. The van der Waals surface area contributed by atoms with E-state index in [-0.39, 0.29) is 11.5 Å². The minimum Gasteiger partial charge on any atom is -0.478 e. The average molecular weight is 360 g/mol. The molecule has 1 saturated heterocycles. The van der Waals surface area contributed by atoms with Crippen LogP contribution in [0.2, 0.25) is 0 Å².